The Balaban J connectivity index is 3.03. The van der Waals surface area contributed by atoms with Crippen LogP contribution in [0.1, 0.15) is 11.1 Å². The quantitative estimate of drug-likeness (QED) is 0.560. The Kier molecular flexibility index (Phi) is 2.49. The summed E-state index contributed by atoms with van der Waals surface area (Å²) < 4.78 is 0. The summed E-state index contributed by atoms with van der Waals surface area (Å²) in [5, 5.41) is 7.40. The maximum atomic E-state index is 10.7. The molecule has 0 aliphatic carbocycles. The monoisotopic (exact) mass is 186 g/mol. The molecule has 12 heavy (non-hydrogen) atoms. The summed E-state index contributed by atoms with van der Waals surface area (Å²) in [7, 11) is 0. The van der Waals surface area contributed by atoms with Gasteiger partial charge in [-0.1, -0.05) is 0 Å². The third-order valence-electron chi connectivity index (χ3n) is 1.18. The molecule has 0 aliphatic heterocycles. The number of carbonyl (C=O) groups is 1. The van der Waals surface area contributed by atoms with Crippen molar-refractivity contribution in [3.05, 3.63) is 28.4 Å². The van der Waals surface area contributed by atoms with E-state index in [9.17, 15) is 9.59 Å². The summed E-state index contributed by atoms with van der Waals surface area (Å²) in [6.45, 7) is 0. The van der Waals surface area contributed by atoms with Gasteiger partial charge in [0.1, 0.15) is 5.82 Å². The molecule has 1 unspecified atom stereocenters. The minimum Gasteiger partial charge on any atom is -0.480 e. The second kappa shape index (κ2) is 3.40. The molecule has 0 aromatic carbocycles. The van der Waals surface area contributed by atoms with Crippen LogP contribution >= 0.6 is 12.6 Å². The van der Waals surface area contributed by atoms with Crippen molar-refractivity contribution in [2.45, 2.75) is 5.25 Å². The second-order valence-corrected chi connectivity index (χ2v) is 2.58. The van der Waals surface area contributed by atoms with Gasteiger partial charge in [-0.05, 0) is 0 Å². The molecule has 0 spiro atoms. The number of carboxylic acids is 1. The zero-order valence-electron chi connectivity index (χ0n) is 5.89. The first kappa shape index (κ1) is 8.79. The topological polar surface area (TPSA) is 83.0 Å². The predicted octanol–water partition coefficient (Wildman–Crippen LogP) is -0.175. The molecule has 0 fully saturated rings. The number of carboxylic acid groups (broad SMARTS) is 1. The van der Waals surface area contributed by atoms with Crippen LogP contribution in [0.15, 0.2) is 17.1 Å². The number of hydrogen-bond donors (Lipinski definition) is 3. The molecular weight excluding hydrogens is 180 g/mol. The number of nitrogens with zero attached hydrogens (tertiary/aromatic N) is 1. The van der Waals surface area contributed by atoms with Crippen molar-refractivity contribution >= 4 is 18.6 Å². The number of rotatable bonds is 2. The van der Waals surface area contributed by atoms with Gasteiger partial charge in [0.25, 0.3) is 5.56 Å². The van der Waals surface area contributed by atoms with Crippen molar-refractivity contribution < 1.29 is 9.90 Å². The maximum Gasteiger partial charge on any atom is 0.324 e. The van der Waals surface area contributed by atoms with Gasteiger partial charge < -0.3 is 10.1 Å². The highest BCUT2D eigenvalue weighted by Gasteiger charge is 2.16. The molecule has 64 valence electrons. The standard InChI is InChI=1S/C6H6N2O3S/c9-3-1-2-7-5(8-3)4(12)6(10)11/h1-2,4,12H,(H,10,11)(H,7,8,9). The molecule has 0 amide bonds. The number of thiol groups is 1. The first-order chi connectivity index (χ1) is 5.61. The Labute approximate surface area is 72.9 Å². The van der Waals surface area contributed by atoms with Crippen LogP contribution in [0, 0.1) is 0 Å². The predicted molar refractivity (Wildman–Crippen MR) is 44.2 cm³/mol. The SMILES string of the molecule is O=C(O)C(S)c1nccc(=O)[nH]1. The third kappa shape index (κ3) is 1.85. The lowest BCUT2D eigenvalue weighted by molar-refractivity contribution is -0.136. The van der Waals surface area contributed by atoms with Crippen LogP contribution in [-0.2, 0) is 4.79 Å². The molecule has 0 bridgehead atoms. The first-order valence-electron chi connectivity index (χ1n) is 3.07. The summed E-state index contributed by atoms with van der Waals surface area (Å²) >= 11 is 3.73. The molecule has 0 radical (unpaired) electrons. The molecule has 1 rings (SSSR count). The van der Waals surface area contributed by atoms with Gasteiger partial charge in [-0.2, -0.15) is 12.6 Å². The molecule has 1 aromatic heterocycles. The van der Waals surface area contributed by atoms with E-state index in [1.807, 2.05) is 0 Å². The van der Waals surface area contributed by atoms with Crippen LogP contribution in [0.4, 0.5) is 0 Å². The van der Waals surface area contributed by atoms with Crippen molar-refractivity contribution in [3.63, 3.8) is 0 Å². The largest absolute Gasteiger partial charge is 0.480 e. The summed E-state index contributed by atoms with van der Waals surface area (Å²) in [5.74, 6) is -1.11. The Morgan fingerprint density at radius 2 is 2.42 bits per heavy atom. The molecule has 1 heterocycles. The zero-order valence-corrected chi connectivity index (χ0v) is 6.78. The van der Waals surface area contributed by atoms with Gasteiger partial charge in [0.2, 0.25) is 0 Å². The van der Waals surface area contributed by atoms with Crippen LogP contribution in [0.5, 0.6) is 0 Å². The number of aliphatic carboxylic acids is 1. The Morgan fingerprint density at radius 1 is 1.75 bits per heavy atom. The fourth-order valence-corrected chi connectivity index (χ4v) is 0.773. The number of aromatic nitrogens is 2. The Bertz CT molecular complexity index is 349. The van der Waals surface area contributed by atoms with Gasteiger partial charge in [-0.3, -0.25) is 9.59 Å². The fraction of sp³-hybridized carbons (Fsp3) is 0.167. The van der Waals surface area contributed by atoms with Crippen LogP contribution < -0.4 is 5.56 Å². The lowest BCUT2D eigenvalue weighted by Crippen LogP contribution is -2.15. The molecule has 6 heteroatoms. The van der Waals surface area contributed by atoms with Gasteiger partial charge in [0, 0.05) is 12.3 Å². The number of hydrogen-bond acceptors (Lipinski definition) is 4. The molecule has 0 saturated heterocycles. The van der Waals surface area contributed by atoms with E-state index in [1.54, 1.807) is 0 Å². The molecule has 0 saturated carbocycles. The van der Waals surface area contributed by atoms with Crippen LogP contribution in [0.25, 0.3) is 0 Å². The summed E-state index contributed by atoms with van der Waals surface area (Å²) in [4.78, 5) is 27.0. The van der Waals surface area contributed by atoms with E-state index < -0.39 is 11.2 Å². The van der Waals surface area contributed by atoms with Crippen molar-refractivity contribution in [2.24, 2.45) is 0 Å². The van der Waals surface area contributed by atoms with Crippen molar-refractivity contribution in [3.8, 4) is 0 Å². The zero-order chi connectivity index (χ0) is 9.14. The highest BCUT2D eigenvalue weighted by Crippen LogP contribution is 2.12. The van der Waals surface area contributed by atoms with Crippen LogP contribution in [0.3, 0.4) is 0 Å². The van der Waals surface area contributed by atoms with E-state index in [0.717, 1.165) is 0 Å². The minimum atomic E-state index is -1.15. The fourth-order valence-electron chi connectivity index (χ4n) is 0.641. The smallest absolute Gasteiger partial charge is 0.324 e. The number of H-pyrrole nitrogens is 1. The summed E-state index contributed by atoms with van der Waals surface area (Å²) in [5.41, 5.74) is -0.389. The van der Waals surface area contributed by atoms with Crippen molar-refractivity contribution in [2.75, 3.05) is 0 Å². The molecule has 0 aliphatic rings. The average Bonchev–Trinajstić information content (AvgIpc) is 2.03. The summed E-state index contributed by atoms with van der Waals surface area (Å²) in [6.07, 6.45) is 1.24. The van der Waals surface area contributed by atoms with Crippen LogP contribution in [-0.4, -0.2) is 21.0 Å². The number of aromatic amines is 1. The average molecular weight is 186 g/mol. The minimum absolute atomic E-state index is 0.0401. The van der Waals surface area contributed by atoms with E-state index >= 15 is 0 Å². The van der Waals surface area contributed by atoms with Gasteiger partial charge in [0.05, 0.1) is 0 Å². The van der Waals surface area contributed by atoms with Gasteiger partial charge in [-0.25, -0.2) is 4.98 Å². The highest BCUT2D eigenvalue weighted by atomic mass is 32.1. The van der Waals surface area contributed by atoms with E-state index in [-0.39, 0.29) is 11.4 Å². The lowest BCUT2D eigenvalue weighted by atomic mass is 10.4. The van der Waals surface area contributed by atoms with Gasteiger partial charge in [0.15, 0.2) is 5.25 Å². The molecule has 5 nitrogen and oxygen atoms in total. The summed E-state index contributed by atoms with van der Waals surface area (Å²) in [6, 6.07) is 1.20. The molecule has 2 N–H and O–H groups in total. The van der Waals surface area contributed by atoms with Crippen molar-refractivity contribution in [1.29, 1.82) is 0 Å². The molecular formula is C6H6N2O3S. The lowest BCUT2D eigenvalue weighted by Gasteiger charge is -2.01. The van der Waals surface area contributed by atoms with Crippen LogP contribution in [0.2, 0.25) is 0 Å². The third-order valence-corrected chi connectivity index (χ3v) is 1.65. The Hall–Kier alpha value is -1.30. The van der Waals surface area contributed by atoms with E-state index in [1.165, 1.54) is 12.3 Å². The Morgan fingerprint density at radius 3 is 2.92 bits per heavy atom. The van der Waals surface area contributed by atoms with Gasteiger partial charge in [-0.15, -0.1) is 0 Å². The highest BCUT2D eigenvalue weighted by molar-refractivity contribution is 7.81. The van der Waals surface area contributed by atoms with E-state index in [4.69, 9.17) is 5.11 Å². The number of nitrogens with one attached hydrogen (secondary N) is 1. The molecule has 1 atom stereocenters. The van der Waals surface area contributed by atoms with Crippen molar-refractivity contribution in [1.82, 2.24) is 9.97 Å². The van der Waals surface area contributed by atoms with E-state index in [0.29, 0.717) is 0 Å². The van der Waals surface area contributed by atoms with E-state index in [2.05, 4.69) is 22.6 Å². The first-order valence-corrected chi connectivity index (χ1v) is 3.59. The van der Waals surface area contributed by atoms with Gasteiger partial charge >= 0.3 is 5.97 Å². The maximum absolute atomic E-state index is 10.7. The second-order valence-electron chi connectivity index (χ2n) is 2.06. The normalized spacial score (nSPS) is 12.4. The molecule has 1 aromatic rings.